The van der Waals surface area contributed by atoms with Gasteiger partial charge < -0.3 is 13.9 Å². The van der Waals surface area contributed by atoms with E-state index in [1.165, 1.54) is 0 Å². The summed E-state index contributed by atoms with van der Waals surface area (Å²) in [6.45, 7) is 16.0. The van der Waals surface area contributed by atoms with Crippen LogP contribution in [0.15, 0.2) is 12.2 Å². The van der Waals surface area contributed by atoms with E-state index in [1.54, 1.807) is 0 Å². The minimum absolute atomic E-state index is 0.114. The molecule has 0 radical (unpaired) electrons. The molecule has 19 heavy (non-hydrogen) atoms. The topological polar surface area (TPSA) is 27.7 Å². The molecule has 0 fully saturated rings. The van der Waals surface area contributed by atoms with E-state index >= 15 is 0 Å². The van der Waals surface area contributed by atoms with Crippen LogP contribution in [0.4, 0.5) is 0 Å². The SMILES string of the molecule is CC(C)O[C@@H]1C=CC[C@@H](CO[Si](C)(C)C(C)(C)C)O1. The Morgan fingerprint density at radius 3 is 2.47 bits per heavy atom. The Bertz CT molecular complexity index is 305. The molecule has 4 heteroatoms. The summed E-state index contributed by atoms with van der Waals surface area (Å²) in [5.74, 6) is 0. The third-order valence-electron chi connectivity index (χ3n) is 3.86. The first-order chi connectivity index (χ1) is 8.62. The van der Waals surface area contributed by atoms with E-state index in [0.717, 1.165) is 6.42 Å². The van der Waals surface area contributed by atoms with Crippen molar-refractivity contribution in [2.45, 2.75) is 77.7 Å². The van der Waals surface area contributed by atoms with Crippen molar-refractivity contribution in [2.24, 2.45) is 0 Å². The minimum Gasteiger partial charge on any atom is -0.414 e. The van der Waals surface area contributed by atoms with Gasteiger partial charge in [-0.15, -0.1) is 0 Å². The maximum absolute atomic E-state index is 6.21. The van der Waals surface area contributed by atoms with Gasteiger partial charge in [0, 0.05) is 0 Å². The zero-order chi connectivity index (χ0) is 14.7. The van der Waals surface area contributed by atoms with Crippen LogP contribution in [0.1, 0.15) is 41.0 Å². The Balaban J connectivity index is 2.45. The third-order valence-corrected chi connectivity index (χ3v) is 8.36. The number of hydrogen-bond acceptors (Lipinski definition) is 3. The second-order valence-corrected chi connectivity index (χ2v) is 11.9. The van der Waals surface area contributed by atoms with Crippen molar-refractivity contribution >= 4 is 8.32 Å². The van der Waals surface area contributed by atoms with Gasteiger partial charge in [-0.25, -0.2) is 0 Å². The van der Waals surface area contributed by atoms with Gasteiger partial charge in [0.05, 0.1) is 18.8 Å². The molecule has 1 aliphatic heterocycles. The molecule has 0 aromatic heterocycles. The van der Waals surface area contributed by atoms with E-state index < -0.39 is 8.32 Å². The normalized spacial score (nSPS) is 25.1. The maximum atomic E-state index is 6.21. The van der Waals surface area contributed by atoms with Crippen molar-refractivity contribution in [2.75, 3.05) is 6.61 Å². The Kier molecular flexibility index (Phi) is 5.80. The first-order valence-corrected chi connectivity index (χ1v) is 10.1. The van der Waals surface area contributed by atoms with Crippen LogP contribution in [0, 0.1) is 0 Å². The van der Waals surface area contributed by atoms with Crippen LogP contribution in [0.2, 0.25) is 18.1 Å². The molecule has 0 saturated heterocycles. The van der Waals surface area contributed by atoms with Gasteiger partial charge >= 0.3 is 0 Å². The van der Waals surface area contributed by atoms with Crippen LogP contribution in [-0.2, 0) is 13.9 Å². The molecule has 0 amide bonds. The van der Waals surface area contributed by atoms with Crippen LogP contribution in [-0.4, -0.2) is 33.4 Å². The fourth-order valence-corrected chi connectivity index (χ4v) is 2.64. The van der Waals surface area contributed by atoms with E-state index in [2.05, 4.69) is 39.9 Å². The van der Waals surface area contributed by atoms with E-state index in [9.17, 15) is 0 Å². The molecule has 1 aliphatic rings. The molecule has 0 bridgehead atoms. The fraction of sp³-hybridized carbons (Fsp3) is 0.867. The van der Waals surface area contributed by atoms with Crippen molar-refractivity contribution in [3.05, 3.63) is 12.2 Å². The molecule has 0 aromatic carbocycles. The summed E-state index contributed by atoms with van der Waals surface area (Å²) in [6.07, 6.45) is 5.10. The standard InChI is InChI=1S/C15H30O3Si/c1-12(2)17-14-10-8-9-13(18-14)11-16-19(6,7)15(3,4)5/h8,10,12-14H,9,11H2,1-7H3/t13-,14-/m0/s1. The molecule has 2 atom stereocenters. The third kappa shape index (κ3) is 5.38. The number of rotatable bonds is 5. The molecule has 3 nitrogen and oxygen atoms in total. The summed E-state index contributed by atoms with van der Waals surface area (Å²) in [6, 6.07) is 0. The van der Waals surface area contributed by atoms with Gasteiger partial charge in [-0.2, -0.15) is 0 Å². The highest BCUT2D eigenvalue weighted by Crippen LogP contribution is 2.36. The Hall–Kier alpha value is -0.163. The molecule has 1 heterocycles. The van der Waals surface area contributed by atoms with Gasteiger partial charge in [-0.1, -0.05) is 26.8 Å². The summed E-state index contributed by atoms with van der Waals surface area (Å²) >= 11 is 0. The quantitative estimate of drug-likeness (QED) is 0.562. The highest BCUT2D eigenvalue weighted by atomic mass is 28.4. The lowest BCUT2D eigenvalue weighted by Crippen LogP contribution is -2.43. The summed E-state index contributed by atoms with van der Waals surface area (Å²) in [5.41, 5.74) is 0. The van der Waals surface area contributed by atoms with Crippen molar-refractivity contribution in [3.8, 4) is 0 Å². The van der Waals surface area contributed by atoms with Crippen LogP contribution in [0.3, 0.4) is 0 Å². The largest absolute Gasteiger partial charge is 0.414 e. The lowest BCUT2D eigenvalue weighted by Gasteiger charge is -2.38. The Morgan fingerprint density at radius 2 is 1.95 bits per heavy atom. The molecule has 0 aromatic rings. The average Bonchev–Trinajstić information content (AvgIpc) is 2.24. The molecular weight excluding hydrogens is 256 g/mol. The first kappa shape index (κ1) is 16.9. The molecule has 0 spiro atoms. The molecule has 0 aliphatic carbocycles. The van der Waals surface area contributed by atoms with Crippen LogP contribution in [0.5, 0.6) is 0 Å². The number of ether oxygens (including phenoxy) is 2. The summed E-state index contributed by atoms with van der Waals surface area (Å²) in [5, 5.41) is 0.241. The van der Waals surface area contributed by atoms with E-state index in [4.69, 9.17) is 13.9 Å². The monoisotopic (exact) mass is 286 g/mol. The zero-order valence-corrected chi connectivity index (χ0v) is 14.5. The van der Waals surface area contributed by atoms with Crippen LogP contribution < -0.4 is 0 Å². The Labute approximate surface area is 119 Å². The van der Waals surface area contributed by atoms with Crippen molar-refractivity contribution in [3.63, 3.8) is 0 Å². The molecule has 1 rings (SSSR count). The highest BCUT2D eigenvalue weighted by Gasteiger charge is 2.37. The molecule has 0 saturated carbocycles. The van der Waals surface area contributed by atoms with Gasteiger partial charge in [0.2, 0.25) is 0 Å². The van der Waals surface area contributed by atoms with E-state index in [1.807, 2.05) is 19.9 Å². The van der Waals surface area contributed by atoms with Crippen molar-refractivity contribution < 1.29 is 13.9 Å². The average molecular weight is 286 g/mol. The van der Waals surface area contributed by atoms with Gasteiger partial charge in [-0.3, -0.25) is 0 Å². The Morgan fingerprint density at radius 1 is 1.32 bits per heavy atom. The van der Waals surface area contributed by atoms with Gasteiger partial charge in [-0.05, 0) is 44.5 Å². The second-order valence-electron chi connectivity index (χ2n) is 7.05. The van der Waals surface area contributed by atoms with Crippen molar-refractivity contribution in [1.29, 1.82) is 0 Å². The minimum atomic E-state index is -1.69. The number of hydrogen-bond donors (Lipinski definition) is 0. The predicted octanol–water partition coefficient (Wildman–Crippen LogP) is 4.10. The maximum Gasteiger partial charge on any atom is 0.192 e. The van der Waals surface area contributed by atoms with Crippen LogP contribution >= 0.6 is 0 Å². The highest BCUT2D eigenvalue weighted by molar-refractivity contribution is 6.74. The molecule has 112 valence electrons. The molecule has 0 unspecified atom stereocenters. The summed E-state index contributed by atoms with van der Waals surface area (Å²) in [4.78, 5) is 0. The molecule has 0 N–H and O–H groups in total. The predicted molar refractivity (Wildman–Crippen MR) is 81.8 cm³/mol. The summed E-state index contributed by atoms with van der Waals surface area (Å²) < 4.78 is 17.8. The van der Waals surface area contributed by atoms with E-state index in [0.29, 0.717) is 6.61 Å². The second kappa shape index (κ2) is 6.53. The van der Waals surface area contributed by atoms with Gasteiger partial charge in [0.25, 0.3) is 0 Å². The van der Waals surface area contributed by atoms with Crippen LogP contribution in [0.25, 0.3) is 0 Å². The van der Waals surface area contributed by atoms with Gasteiger partial charge in [0.15, 0.2) is 14.6 Å². The van der Waals surface area contributed by atoms with Crippen molar-refractivity contribution in [1.82, 2.24) is 0 Å². The zero-order valence-electron chi connectivity index (χ0n) is 13.5. The first-order valence-electron chi connectivity index (χ1n) is 7.23. The van der Waals surface area contributed by atoms with E-state index in [-0.39, 0.29) is 23.5 Å². The fourth-order valence-electron chi connectivity index (χ4n) is 1.60. The lowest BCUT2D eigenvalue weighted by molar-refractivity contribution is -0.171. The van der Waals surface area contributed by atoms with Gasteiger partial charge in [0.1, 0.15) is 0 Å². The summed E-state index contributed by atoms with van der Waals surface area (Å²) in [7, 11) is -1.69. The lowest BCUT2D eigenvalue weighted by atomic mass is 10.2. The molecular formula is C15H30O3Si. The smallest absolute Gasteiger partial charge is 0.192 e.